The number of hydrogen-bond acceptors (Lipinski definition) is 4. The van der Waals surface area contributed by atoms with Crippen LogP contribution in [0.3, 0.4) is 0 Å². The highest BCUT2D eigenvalue weighted by Crippen LogP contribution is 2.15. The summed E-state index contributed by atoms with van der Waals surface area (Å²) in [4.78, 5) is 12.3. The van der Waals surface area contributed by atoms with E-state index in [1.54, 1.807) is 38.5 Å². The lowest BCUT2D eigenvalue weighted by Gasteiger charge is -2.09. The second kappa shape index (κ2) is 9.70. The molecule has 2 aromatic rings. The Labute approximate surface area is 143 Å². The van der Waals surface area contributed by atoms with Crippen LogP contribution < -0.4 is 15.4 Å². The molecule has 0 fully saturated rings. The molecule has 0 aliphatic rings. The number of amides is 1. The van der Waals surface area contributed by atoms with Crippen molar-refractivity contribution in [2.45, 2.75) is 13.0 Å². The Morgan fingerprint density at radius 3 is 2.58 bits per heavy atom. The number of nitrogens with one attached hydrogen (secondary N) is 2. The molecule has 0 aromatic heterocycles. The third kappa shape index (κ3) is 5.68. The molecule has 2 N–H and O–H groups in total. The summed E-state index contributed by atoms with van der Waals surface area (Å²) in [5.41, 5.74) is 2.51. The van der Waals surface area contributed by atoms with Crippen molar-refractivity contribution in [3.8, 4) is 5.75 Å². The van der Waals surface area contributed by atoms with Crippen LogP contribution >= 0.6 is 0 Å². The summed E-state index contributed by atoms with van der Waals surface area (Å²) in [5.74, 6) is 0.593. The van der Waals surface area contributed by atoms with Crippen LogP contribution in [0.15, 0.2) is 48.5 Å². The molecule has 5 nitrogen and oxygen atoms in total. The zero-order valence-corrected chi connectivity index (χ0v) is 14.2. The third-order valence-corrected chi connectivity index (χ3v) is 3.57. The number of anilines is 1. The van der Waals surface area contributed by atoms with Crippen LogP contribution in [0.25, 0.3) is 0 Å². The molecule has 2 aromatic carbocycles. The van der Waals surface area contributed by atoms with Gasteiger partial charge < -0.3 is 20.1 Å². The number of benzene rings is 2. The Morgan fingerprint density at radius 1 is 1.08 bits per heavy atom. The first kappa shape index (κ1) is 18.0. The van der Waals surface area contributed by atoms with Crippen molar-refractivity contribution >= 4 is 11.6 Å². The minimum atomic E-state index is -0.136. The van der Waals surface area contributed by atoms with Gasteiger partial charge in [0.25, 0.3) is 5.91 Å². The third-order valence-electron chi connectivity index (χ3n) is 3.57. The summed E-state index contributed by atoms with van der Waals surface area (Å²) in [6, 6.07) is 14.9. The van der Waals surface area contributed by atoms with Gasteiger partial charge in [0.05, 0.1) is 7.11 Å². The summed E-state index contributed by atoms with van der Waals surface area (Å²) in [6.45, 7) is 2.41. The van der Waals surface area contributed by atoms with Gasteiger partial charge in [-0.1, -0.05) is 12.1 Å². The fourth-order valence-electron chi connectivity index (χ4n) is 2.28. The van der Waals surface area contributed by atoms with E-state index < -0.39 is 0 Å². The molecule has 24 heavy (non-hydrogen) atoms. The molecule has 0 aliphatic carbocycles. The molecule has 0 radical (unpaired) electrons. The minimum absolute atomic E-state index is 0.136. The molecule has 0 saturated carbocycles. The monoisotopic (exact) mass is 328 g/mol. The first-order valence-corrected chi connectivity index (χ1v) is 7.97. The topological polar surface area (TPSA) is 59.6 Å². The highest BCUT2D eigenvalue weighted by Gasteiger charge is 2.06. The predicted molar refractivity (Wildman–Crippen MR) is 95.6 cm³/mol. The van der Waals surface area contributed by atoms with Gasteiger partial charge in [-0.2, -0.15) is 0 Å². The Kier molecular flexibility index (Phi) is 7.26. The molecule has 2 rings (SSSR count). The van der Waals surface area contributed by atoms with E-state index in [0.717, 1.165) is 43.1 Å². The number of hydrogen-bond donors (Lipinski definition) is 2. The van der Waals surface area contributed by atoms with E-state index in [1.165, 1.54) is 0 Å². The van der Waals surface area contributed by atoms with Gasteiger partial charge >= 0.3 is 0 Å². The van der Waals surface area contributed by atoms with Crippen molar-refractivity contribution in [2.75, 3.05) is 32.7 Å². The van der Waals surface area contributed by atoms with E-state index in [2.05, 4.69) is 10.6 Å². The van der Waals surface area contributed by atoms with Gasteiger partial charge in [-0.3, -0.25) is 4.79 Å². The Bertz CT molecular complexity index is 641. The lowest BCUT2D eigenvalue weighted by Crippen LogP contribution is -2.16. The number of carbonyl (C=O) groups is 1. The van der Waals surface area contributed by atoms with Gasteiger partial charge in [-0.25, -0.2) is 0 Å². The average molecular weight is 328 g/mol. The molecule has 0 atom stereocenters. The summed E-state index contributed by atoms with van der Waals surface area (Å²) in [6.07, 6.45) is 0.977. The van der Waals surface area contributed by atoms with Gasteiger partial charge in [0, 0.05) is 31.5 Å². The van der Waals surface area contributed by atoms with E-state index in [4.69, 9.17) is 9.47 Å². The fraction of sp³-hybridized carbons (Fsp3) is 0.316. The van der Waals surface area contributed by atoms with Gasteiger partial charge in [0.1, 0.15) is 5.75 Å². The summed E-state index contributed by atoms with van der Waals surface area (Å²) in [7, 11) is 3.30. The number of carbonyl (C=O) groups excluding carboxylic acids is 1. The maximum absolute atomic E-state index is 12.3. The van der Waals surface area contributed by atoms with E-state index in [1.807, 2.05) is 24.3 Å². The van der Waals surface area contributed by atoms with Gasteiger partial charge in [0.2, 0.25) is 0 Å². The normalized spacial score (nSPS) is 10.4. The van der Waals surface area contributed by atoms with E-state index in [0.29, 0.717) is 5.56 Å². The van der Waals surface area contributed by atoms with Crippen molar-refractivity contribution in [1.29, 1.82) is 0 Å². The zero-order chi connectivity index (χ0) is 17.2. The highest BCUT2D eigenvalue weighted by atomic mass is 16.5. The van der Waals surface area contributed by atoms with E-state index in [9.17, 15) is 4.79 Å². The summed E-state index contributed by atoms with van der Waals surface area (Å²) >= 11 is 0. The molecule has 0 aliphatic heterocycles. The molecule has 0 spiro atoms. The van der Waals surface area contributed by atoms with Crippen LogP contribution in [0, 0.1) is 0 Å². The second-order valence-corrected chi connectivity index (χ2v) is 5.41. The number of ether oxygens (including phenoxy) is 2. The minimum Gasteiger partial charge on any atom is -0.497 e. The predicted octanol–water partition coefficient (Wildman–Crippen LogP) is 3.07. The molecule has 5 heteroatoms. The average Bonchev–Trinajstić information content (AvgIpc) is 2.62. The first-order valence-electron chi connectivity index (χ1n) is 7.97. The fourth-order valence-corrected chi connectivity index (χ4v) is 2.28. The van der Waals surface area contributed by atoms with Crippen molar-refractivity contribution in [3.63, 3.8) is 0 Å². The lowest BCUT2D eigenvalue weighted by molar-refractivity contribution is 0.102. The summed E-state index contributed by atoms with van der Waals surface area (Å²) < 4.78 is 10.1. The van der Waals surface area contributed by atoms with Crippen LogP contribution in [0.5, 0.6) is 5.75 Å². The molecular weight excluding hydrogens is 304 g/mol. The first-order chi connectivity index (χ1) is 11.7. The Hall–Kier alpha value is -2.37. The quantitative estimate of drug-likeness (QED) is 0.695. The largest absolute Gasteiger partial charge is 0.497 e. The maximum atomic E-state index is 12.3. The number of methoxy groups -OCH3 is 2. The van der Waals surface area contributed by atoms with E-state index in [-0.39, 0.29) is 5.91 Å². The molecule has 1 amide bonds. The smallest absolute Gasteiger partial charge is 0.255 e. The van der Waals surface area contributed by atoms with Gasteiger partial charge in [-0.15, -0.1) is 0 Å². The Morgan fingerprint density at radius 2 is 1.88 bits per heavy atom. The van der Waals surface area contributed by atoms with Crippen molar-refractivity contribution < 1.29 is 14.3 Å². The molecule has 0 heterocycles. The molecular formula is C19H24N2O3. The van der Waals surface area contributed by atoms with Gasteiger partial charge in [0.15, 0.2) is 0 Å². The van der Waals surface area contributed by atoms with Crippen LogP contribution in [-0.4, -0.2) is 33.3 Å². The van der Waals surface area contributed by atoms with Crippen molar-refractivity contribution in [1.82, 2.24) is 5.32 Å². The lowest BCUT2D eigenvalue weighted by atomic mass is 10.1. The molecule has 0 unspecified atom stereocenters. The van der Waals surface area contributed by atoms with Crippen molar-refractivity contribution in [3.05, 3.63) is 59.7 Å². The number of rotatable bonds is 9. The van der Waals surface area contributed by atoms with Crippen LogP contribution in [0.4, 0.5) is 5.69 Å². The highest BCUT2D eigenvalue weighted by molar-refractivity contribution is 6.04. The standard InChI is InChI=1S/C19H24N2O3/c1-23-12-4-11-20-14-15-5-3-6-17(13-15)21-19(22)16-7-9-18(24-2)10-8-16/h3,5-10,13,20H,4,11-12,14H2,1-2H3,(H,21,22). The van der Waals surface area contributed by atoms with Gasteiger partial charge in [-0.05, 0) is 54.9 Å². The molecule has 0 bridgehead atoms. The molecule has 0 saturated heterocycles. The van der Waals surface area contributed by atoms with Crippen LogP contribution in [0.1, 0.15) is 22.3 Å². The SMILES string of the molecule is COCCCNCc1cccc(NC(=O)c2ccc(OC)cc2)c1. The second-order valence-electron chi connectivity index (χ2n) is 5.41. The van der Waals surface area contributed by atoms with E-state index >= 15 is 0 Å². The zero-order valence-electron chi connectivity index (χ0n) is 14.2. The molecule has 128 valence electrons. The summed E-state index contributed by atoms with van der Waals surface area (Å²) in [5, 5.41) is 6.27. The Balaban J connectivity index is 1.89. The maximum Gasteiger partial charge on any atom is 0.255 e. The van der Waals surface area contributed by atoms with Crippen LogP contribution in [0.2, 0.25) is 0 Å². The van der Waals surface area contributed by atoms with Crippen LogP contribution in [-0.2, 0) is 11.3 Å². The van der Waals surface area contributed by atoms with Crippen molar-refractivity contribution in [2.24, 2.45) is 0 Å².